The Bertz CT molecular complexity index is 1060. The molecule has 1 amide bonds. The van der Waals surface area contributed by atoms with Crippen molar-refractivity contribution in [3.63, 3.8) is 0 Å². The van der Waals surface area contributed by atoms with Gasteiger partial charge in [-0.3, -0.25) is 4.79 Å². The van der Waals surface area contributed by atoms with Gasteiger partial charge in [0.1, 0.15) is 22.4 Å². The lowest BCUT2D eigenvalue weighted by atomic mass is 10.2. The van der Waals surface area contributed by atoms with Gasteiger partial charge in [0.25, 0.3) is 12.3 Å². The zero-order valence-electron chi connectivity index (χ0n) is 15.2. The number of alkyl halides is 5. The van der Waals surface area contributed by atoms with Gasteiger partial charge in [0.2, 0.25) is 10.0 Å². The highest BCUT2D eigenvalue weighted by atomic mass is 32.2. The molecule has 0 radical (unpaired) electrons. The second-order valence-corrected chi connectivity index (χ2v) is 7.82. The van der Waals surface area contributed by atoms with Crippen LogP contribution in [0.1, 0.15) is 29.4 Å². The zero-order chi connectivity index (χ0) is 23.0. The maximum atomic E-state index is 14.6. The molecule has 1 heterocycles. The number of nitrogens with zero attached hydrogens (tertiary/aromatic N) is 1. The van der Waals surface area contributed by atoms with Crippen molar-refractivity contribution < 1.29 is 43.9 Å². The van der Waals surface area contributed by atoms with E-state index < -0.39 is 62.4 Å². The van der Waals surface area contributed by atoms with Crippen LogP contribution in [-0.4, -0.2) is 31.1 Å². The summed E-state index contributed by atoms with van der Waals surface area (Å²) in [6.45, 7) is 0.501. The lowest BCUT2D eigenvalue weighted by Gasteiger charge is -2.16. The van der Waals surface area contributed by atoms with Crippen LogP contribution in [0.25, 0.3) is 0 Å². The molecule has 0 aliphatic rings. The first-order chi connectivity index (χ1) is 13.6. The Hall–Kier alpha value is -2.61. The Kier molecular flexibility index (Phi) is 6.51. The monoisotopic (exact) mass is 461 g/mol. The fraction of sp³-hybridized carbons (Fsp3) is 0.312. The van der Waals surface area contributed by atoms with Crippen molar-refractivity contribution in [2.24, 2.45) is 7.05 Å². The lowest BCUT2D eigenvalue weighted by Crippen LogP contribution is -2.43. The van der Waals surface area contributed by atoms with Gasteiger partial charge in [-0.25, -0.2) is 26.0 Å². The molecule has 0 spiro atoms. The predicted molar refractivity (Wildman–Crippen MR) is 90.5 cm³/mol. The third-order valence-corrected chi connectivity index (χ3v) is 5.43. The molecule has 1 aromatic carbocycles. The number of carbonyl (C=O) groups is 1. The maximum Gasteiger partial charge on any atom is 0.404 e. The molecular weight excluding hydrogens is 447 g/mol. The summed E-state index contributed by atoms with van der Waals surface area (Å²) in [7, 11) is -3.96. The molecule has 0 aliphatic heterocycles. The fourth-order valence-corrected chi connectivity index (χ4v) is 3.71. The fourth-order valence-electron chi connectivity index (χ4n) is 2.36. The van der Waals surface area contributed by atoms with Crippen molar-refractivity contribution in [2.45, 2.75) is 30.5 Å². The summed E-state index contributed by atoms with van der Waals surface area (Å²) < 4.78 is 117. The third-order valence-electron chi connectivity index (χ3n) is 3.90. The van der Waals surface area contributed by atoms with Crippen LogP contribution in [0.15, 0.2) is 29.3 Å². The van der Waals surface area contributed by atoms with Gasteiger partial charge in [-0.05, 0) is 25.1 Å². The average molecular weight is 461 g/mol. The maximum absolute atomic E-state index is 14.6. The third kappa shape index (κ3) is 4.92. The first-order valence-corrected chi connectivity index (χ1v) is 9.46. The Morgan fingerprint density at radius 1 is 1.17 bits per heavy atom. The number of halogens is 7. The van der Waals surface area contributed by atoms with E-state index in [0.29, 0.717) is 29.8 Å². The Balaban J connectivity index is 2.35. The number of rotatable bonds is 6. The van der Waals surface area contributed by atoms with Crippen molar-refractivity contribution in [1.82, 2.24) is 9.29 Å². The average Bonchev–Trinajstić information content (AvgIpc) is 2.90. The number of hydrogen-bond acceptors (Lipinski definition) is 3. The summed E-state index contributed by atoms with van der Waals surface area (Å²) in [4.78, 5) is 11.1. The standard InChI is InChI=1S/C16H14F7N3O3S/c1-7(16(21,22)23)25-30(28,29)11-6-26(2)13(12(11)18)15(27)24-8-3-4-10(17)9(5-8)14(19)20/h3-7,14,25H,1-2H3,(H,24,27). The molecule has 6 nitrogen and oxygen atoms in total. The minimum atomic E-state index is -5.00. The van der Waals surface area contributed by atoms with Gasteiger partial charge < -0.3 is 9.88 Å². The van der Waals surface area contributed by atoms with Gasteiger partial charge in [0, 0.05) is 18.9 Å². The van der Waals surface area contributed by atoms with Crippen LogP contribution in [-0.2, 0) is 17.1 Å². The molecule has 0 saturated carbocycles. The van der Waals surface area contributed by atoms with E-state index in [1.54, 1.807) is 0 Å². The van der Waals surface area contributed by atoms with E-state index in [9.17, 15) is 43.9 Å². The van der Waals surface area contributed by atoms with Crippen LogP contribution in [0.3, 0.4) is 0 Å². The quantitative estimate of drug-likeness (QED) is 0.644. The summed E-state index contributed by atoms with van der Waals surface area (Å²) in [5.74, 6) is -4.20. The molecule has 14 heteroatoms. The van der Waals surface area contributed by atoms with Gasteiger partial charge in [-0.1, -0.05) is 0 Å². The van der Waals surface area contributed by atoms with Crippen LogP contribution in [0.5, 0.6) is 0 Å². The molecule has 0 bridgehead atoms. The summed E-state index contributed by atoms with van der Waals surface area (Å²) in [6, 6.07) is -0.393. The molecule has 2 rings (SSSR count). The molecule has 1 atom stereocenters. The smallest absolute Gasteiger partial charge is 0.343 e. The van der Waals surface area contributed by atoms with Crippen molar-refractivity contribution >= 4 is 21.6 Å². The second kappa shape index (κ2) is 8.26. The molecule has 0 saturated heterocycles. The number of carbonyl (C=O) groups excluding carboxylic acids is 1. The van der Waals surface area contributed by atoms with E-state index in [4.69, 9.17) is 0 Å². The van der Waals surface area contributed by atoms with Crippen molar-refractivity contribution in [3.05, 3.63) is 47.3 Å². The SMILES string of the molecule is CC(NS(=O)(=O)c1cn(C)c(C(=O)Nc2ccc(F)c(C(F)F)c2)c1F)C(F)(F)F. The Labute approximate surface area is 165 Å². The highest BCUT2D eigenvalue weighted by Gasteiger charge is 2.40. The summed E-state index contributed by atoms with van der Waals surface area (Å²) in [5.41, 5.74) is -2.28. The molecule has 0 fully saturated rings. The predicted octanol–water partition coefficient (Wildman–Crippen LogP) is 3.72. The Morgan fingerprint density at radius 2 is 1.77 bits per heavy atom. The molecule has 166 valence electrons. The van der Waals surface area contributed by atoms with E-state index >= 15 is 0 Å². The number of aromatic nitrogens is 1. The molecule has 2 aromatic rings. The minimum Gasteiger partial charge on any atom is -0.343 e. The second-order valence-electron chi connectivity index (χ2n) is 6.14. The van der Waals surface area contributed by atoms with E-state index in [2.05, 4.69) is 0 Å². The number of anilines is 1. The largest absolute Gasteiger partial charge is 0.404 e. The molecule has 1 aromatic heterocycles. The van der Waals surface area contributed by atoms with Gasteiger partial charge in [0.05, 0.1) is 5.56 Å². The highest BCUT2D eigenvalue weighted by Crippen LogP contribution is 2.27. The Morgan fingerprint density at radius 3 is 2.30 bits per heavy atom. The van der Waals surface area contributed by atoms with Crippen LogP contribution in [0, 0.1) is 11.6 Å². The number of benzene rings is 1. The van der Waals surface area contributed by atoms with Crippen LogP contribution in [0.4, 0.5) is 36.4 Å². The highest BCUT2D eigenvalue weighted by molar-refractivity contribution is 7.89. The summed E-state index contributed by atoms with van der Waals surface area (Å²) in [6.07, 6.45) is -7.57. The van der Waals surface area contributed by atoms with Gasteiger partial charge >= 0.3 is 6.18 Å². The van der Waals surface area contributed by atoms with E-state index in [0.717, 1.165) is 13.1 Å². The first kappa shape index (κ1) is 23.7. The van der Waals surface area contributed by atoms with E-state index in [1.807, 2.05) is 5.32 Å². The normalized spacial score (nSPS) is 13.5. The van der Waals surface area contributed by atoms with Crippen LogP contribution >= 0.6 is 0 Å². The molecular formula is C16H14F7N3O3S. The van der Waals surface area contributed by atoms with E-state index in [-0.39, 0.29) is 5.69 Å². The lowest BCUT2D eigenvalue weighted by molar-refractivity contribution is -0.147. The number of aryl methyl sites for hydroxylation is 1. The summed E-state index contributed by atoms with van der Waals surface area (Å²) >= 11 is 0. The zero-order valence-corrected chi connectivity index (χ0v) is 16.0. The molecule has 0 aliphatic carbocycles. The van der Waals surface area contributed by atoms with Gasteiger partial charge in [0.15, 0.2) is 5.82 Å². The molecule has 1 unspecified atom stereocenters. The van der Waals surface area contributed by atoms with Crippen LogP contribution < -0.4 is 10.0 Å². The topological polar surface area (TPSA) is 80.2 Å². The minimum absolute atomic E-state index is 0.342. The summed E-state index contributed by atoms with van der Waals surface area (Å²) in [5, 5.41) is 2.00. The number of sulfonamides is 1. The number of nitrogens with one attached hydrogen (secondary N) is 2. The molecule has 2 N–H and O–H groups in total. The van der Waals surface area contributed by atoms with Crippen molar-refractivity contribution in [3.8, 4) is 0 Å². The van der Waals surface area contributed by atoms with E-state index in [1.165, 1.54) is 4.72 Å². The van der Waals surface area contributed by atoms with Crippen molar-refractivity contribution in [2.75, 3.05) is 5.32 Å². The number of amides is 1. The molecule has 30 heavy (non-hydrogen) atoms. The van der Waals surface area contributed by atoms with Gasteiger partial charge in [-0.2, -0.15) is 17.9 Å². The first-order valence-electron chi connectivity index (χ1n) is 7.98. The van der Waals surface area contributed by atoms with Gasteiger partial charge in [-0.15, -0.1) is 0 Å². The van der Waals surface area contributed by atoms with Crippen molar-refractivity contribution in [1.29, 1.82) is 0 Å². The van der Waals surface area contributed by atoms with Crippen LogP contribution in [0.2, 0.25) is 0 Å². The number of hydrogen-bond donors (Lipinski definition) is 2.